The van der Waals surface area contributed by atoms with Crippen LogP contribution in [0.5, 0.6) is 23.0 Å². The lowest BCUT2D eigenvalue weighted by Crippen LogP contribution is -2.53. The lowest BCUT2D eigenvalue weighted by Gasteiger charge is -2.26. The first-order valence-corrected chi connectivity index (χ1v) is 29.9. The molecule has 5 atom stereocenters. The highest BCUT2D eigenvalue weighted by Crippen LogP contribution is 2.44. The van der Waals surface area contributed by atoms with Crippen molar-refractivity contribution in [2.75, 3.05) is 48.2 Å². The minimum absolute atomic E-state index is 0.00324. The summed E-state index contributed by atoms with van der Waals surface area (Å²) in [5, 5.41) is 15.1. The van der Waals surface area contributed by atoms with Crippen LogP contribution in [0.1, 0.15) is 110 Å². The van der Waals surface area contributed by atoms with Crippen molar-refractivity contribution in [3.8, 4) is 23.0 Å². The Labute approximate surface area is 487 Å². The molecule has 4 aliphatic rings. The molecule has 0 spiro atoms. The third kappa shape index (κ3) is 13.4. The SMILES string of the molecule is CNC(=O)CCC(C)SSC(C)(C)CCC(=O)N[C@H](C(=O)N[C@@H](C)C(=O)Nc1cc(COc2cc3c(cc2OC)C(=O)N2c4ccccc4C[C@H]2C=N3)cc(COc2cc3c(cc2OC)C(=O)N2c4ccccc4C[C@H]2CN3)c1)C(C)C. The zero-order chi connectivity index (χ0) is 58.4. The lowest BCUT2D eigenvalue weighted by atomic mass is 10.0. The number of fused-ring (bicyclic) bond motifs is 8. The number of benzene rings is 5. The van der Waals surface area contributed by atoms with E-state index in [9.17, 15) is 28.8 Å². The van der Waals surface area contributed by atoms with Gasteiger partial charge in [0.05, 0.1) is 48.8 Å². The first-order chi connectivity index (χ1) is 39.3. The molecule has 5 aromatic carbocycles. The second-order valence-corrected chi connectivity index (χ2v) is 25.4. The highest BCUT2D eigenvalue weighted by molar-refractivity contribution is 8.77. The molecule has 0 fully saturated rings. The Hall–Kier alpha value is -7.71. The molecule has 5 N–H and O–H groups in total. The molecular formula is C62H72N8O10S2. The predicted molar refractivity (Wildman–Crippen MR) is 323 cm³/mol. The topological polar surface area (TPSA) is 218 Å². The van der Waals surface area contributed by atoms with Gasteiger partial charge in [-0.3, -0.25) is 38.7 Å². The van der Waals surface area contributed by atoms with Gasteiger partial charge in [0.25, 0.3) is 11.8 Å². The van der Waals surface area contributed by atoms with Crippen LogP contribution in [0.3, 0.4) is 0 Å². The molecule has 0 aliphatic carbocycles. The molecule has 0 saturated carbocycles. The number of amides is 6. The predicted octanol–water partition coefficient (Wildman–Crippen LogP) is 9.59. The standard InChI is InChI=1S/C62H72N8O10S2/c1-35(2)57(68-56(72)20-21-62(5,6)82-81-36(3)18-19-55(71)63-7)59(74)66-37(4)58(73)67-42-23-38(33-79-53-29-47-45(27-51(53)77-8)60(75)69-43(31-64-47)25-40-14-10-12-16-49(40)69)22-39(24-42)34-80-54-30-48-46(28-52(54)78-9)61(76)70-44(32-65-48)26-41-15-11-13-17-50(41)70/h10-17,22-24,27-31,35-37,43-44,57,65H,18-21,25-26,32-34H2,1-9H3,(H,63,71)(H,66,74)(H,67,73)(H,68,72)/t36?,37-,43-,44-,57-/m0/s1. The van der Waals surface area contributed by atoms with Crippen LogP contribution in [0.25, 0.3) is 0 Å². The van der Waals surface area contributed by atoms with E-state index in [0.29, 0.717) is 88.1 Å². The number of nitrogens with one attached hydrogen (secondary N) is 5. The summed E-state index contributed by atoms with van der Waals surface area (Å²) in [5.41, 5.74) is 7.45. The van der Waals surface area contributed by atoms with E-state index in [2.05, 4.69) is 53.4 Å². The number of carbonyl (C=O) groups is 6. The van der Waals surface area contributed by atoms with E-state index in [1.807, 2.05) is 67.3 Å². The van der Waals surface area contributed by atoms with Crippen LogP contribution in [-0.4, -0.2) is 104 Å². The summed E-state index contributed by atoms with van der Waals surface area (Å²) < 4.78 is 24.3. The van der Waals surface area contributed by atoms with Gasteiger partial charge in [-0.1, -0.05) is 78.8 Å². The van der Waals surface area contributed by atoms with Gasteiger partial charge in [-0.2, -0.15) is 0 Å². The summed E-state index contributed by atoms with van der Waals surface area (Å²) in [5.74, 6) is -0.505. The largest absolute Gasteiger partial charge is 0.493 e. The molecule has 0 bridgehead atoms. The second-order valence-electron chi connectivity index (χ2n) is 22.1. The zero-order valence-electron chi connectivity index (χ0n) is 47.8. The Kier molecular flexibility index (Phi) is 18.4. The molecule has 82 heavy (non-hydrogen) atoms. The maximum absolute atomic E-state index is 14.2. The molecule has 9 rings (SSSR count). The van der Waals surface area contributed by atoms with Crippen molar-refractivity contribution >= 4 is 91.7 Å². The highest BCUT2D eigenvalue weighted by Gasteiger charge is 2.39. The number of anilines is 4. The quantitative estimate of drug-likeness (QED) is 0.0386. The number of nitrogens with zero attached hydrogens (tertiary/aromatic N) is 3. The Morgan fingerprint density at radius 1 is 0.732 bits per heavy atom. The van der Waals surface area contributed by atoms with Crippen molar-refractivity contribution in [2.24, 2.45) is 10.9 Å². The number of hydrogen-bond donors (Lipinski definition) is 5. The third-order valence-corrected chi connectivity index (χ3v) is 19.0. The zero-order valence-corrected chi connectivity index (χ0v) is 49.4. The molecule has 18 nitrogen and oxygen atoms in total. The van der Waals surface area contributed by atoms with Gasteiger partial charge < -0.3 is 50.4 Å². The number of aliphatic imine (C=N–C) groups is 1. The summed E-state index contributed by atoms with van der Waals surface area (Å²) in [7, 11) is 8.02. The first-order valence-electron chi connectivity index (χ1n) is 27.7. The molecule has 0 radical (unpaired) electrons. The van der Waals surface area contributed by atoms with Crippen molar-refractivity contribution in [1.82, 2.24) is 16.0 Å². The van der Waals surface area contributed by atoms with Gasteiger partial charge >= 0.3 is 0 Å². The summed E-state index contributed by atoms with van der Waals surface area (Å²) in [6.45, 7) is 12.0. The Morgan fingerprint density at radius 2 is 1.35 bits per heavy atom. The summed E-state index contributed by atoms with van der Waals surface area (Å²) in [6, 6.07) is 25.7. The Balaban J connectivity index is 0.907. The fraction of sp³-hybridized carbons (Fsp3) is 0.403. The van der Waals surface area contributed by atoms with Crippen LogP contribution in [-0.2, 0) is 45.2 Å². The fourth-order valence-corrected chi connectivity index (χ4v) is 13.1. The number of carbonyl (C=O) groups excluding carboxylic acids is 6. The van der Waals surface area contributed by atoms with E-state index >= 15 is 0 Å². The van der Waals surface area contributed by atoms with Crippen molar-refractivity contribution in [3.05, 3.63) is 124 Å². The molecule has 5 aromatic rings. The van der Waals surface area contributed by atoms with Crippen LogP contribution in [0.2, 0.25) is 0 Å². The van der Waals surface area contributed by atoms with Gasteiger partial charge in [-0.25, -0.2) is 0 Å². The van der Waals surface area contributed by atoms with Gasteiger partial charge in [0.15, 0.2) is 23.0 Å². The molecule has 20 heteroatoms. The lowest BCUT2D eigenvalue weighted by molar-refractivity contribution is -0.131. The highest BCUT2D eigenvalue weighted by atomic mass is 33.1. The van der Waals surface area contributed by atoms with E-state index in [1.165, 1.54) is 14.2 Å². The van der Waals surface area contributed by atoms with Crippen molar-refractivity contribution in [1.29, 1.82) is 0 Å². The van der Waals surface area contributed by atoms with Crippen LogP contribution in [0.15, 0.2) is 96.0 Å². The van der Waals surface area contributed by atoms with Crippen LogP contribution in [0, 0.1) is 5.92 Å². The molecule has 0 aromatic heterocycles. The van der Waals surface area contributed by atoms with Gasteiger partial charge in [0.2, 0.25) is 23.6 Å². The number of hydrogen-bond acceptors (Lipinski definition) is 14. The molecule has 4 heterocycles. The molecular weight excluding hydrogens is 1080 g/mol. The average Bonchev–Trinajstić information content (AvgIpc) is 4.21. The van der Waals surface area contributed by atoms with Crippen molar-refractivity contribution < 1.29 is 47.7 Å². The van der Waals surface area contributed by atoms with Crippen molar-refractivity contribution in [2.45, 2.75) is 127 Å². The summed E-state index contributed by atoms with van der Waals surface area (Å²) >= 11 is 0. The molecule has 432 valence electrons. The van der Waals surface area contributed by atoms with Gasteiger partial charge in [0, 0.05) is 78.3 Å². The van der Waals surface area contributed by atoms with Crippen LogP contribution >= 0.6 is 21.6 Å². The monoisotopic (exact) mass is 1150 g/mol. The smallest absolute Gasteiger partial charge is 0.261 e. The molecule has 1 unspecified atom stereocenters. The normalized spacial score (nSPS) is 16.8. The third-order valence-electron chi connectivity index (χ3n) is 15.1. The fourth-order valence-electron chi connectivity index (χ4n) is 10.5. The number of ether oxygens (including phenoxy) is 4. The molecule has 6 amide bonds. The minimum atomic E-state index is -1.03. The number of rotatable bonds is 23. The number of para-hydroxylation sites is 2. The van der Waals surface area contributed by atoms with Gasteiger partial charge in [0.1, 0.15) is 25.3 Å². The molecule has 0 saturated heterocycles. The van der Waals surface area contributed by atoms with E-state index < -0.39 is 23.9 Å². The maximum atomic E-state index is 14.2. The first kappa shape index (κ1) is 58.9. The Morgan fingerprint density at radius 3 is 2.01 bits per heavy atom. The average molecular weight is 1150 g/mol. The maximum Gasteiger partial charge on any atom is 0.261 e. The van der Waals surface area contributed by atoms with E-state index in [1.54, 1.807) is 83.1 Å². The summed E-state index contributed by atoms with van der Waals surface area (Å²) in [4.78, 5) is 89.7. The second kappa shape index (κ2) is 25.6. The van der Waals surface area contributed by atoms with E-state index in [0.717, 1.165) is 35.3 Å². The summed E-state index contributed by atoms with van der Waals surface area (Å²) in [6.07, 6.45) is 5.11. The van der Waals surface area contributed by atoms with E-state index in [4.69, 9.17) is 23.9 Å². The van der Waals surface area contributed by atoms with Gasteiger partial charge in [-0.15, -0.1) is 0 Å². The number of methoxy groups -OCH3 is 2. The molecule has 4 aliphatic heterocycles. The van der Waals surface area contributed by atoms with Crippen LogP contribution in [0.4, 0.5) is 28.4 Å². The van der Waals surface area contributed by atoms with E-state index in [-0.39, 0.29) is 71.3 Å². The van der Waals surface area contributed by atoms with Crippen molar-refractivity contribution in [3.63, 3.8) is 0 Å². The Bertz CT molecular complexity index is 3300. The van der Waals surface area contributed by atoms with Crippen LogP contribution < -0.4 is 55.3 Å². The minimum Gasteiger partial charge on any atom is -0.493 e. The van der Waals surface area contributed by atoms with Gasteiger partial charge in [-0.05, 0) is 111 Å².